The van der Waals surface area contributed by atoms with E-state index in [1.165, 1.54) is 30.4 Å². The Balaban J connectivity index is 2.42. The predicted octanol–water partition coefficient (Wildman–Crippen LogP) is 5.33. The predicted molar refractivity (Wildman–Crippen MR) is 79.9 cm³/mol. The van der Waals surface area contributed by atoms with Crippen molar-refractivity contribution in [3.63, 3.8) is 0 Å². The molecule has 17 heavy (non-hydrogen) atoms. The highest BCUT2D eigenvalue weighted by Crippen LogP contribution is 2.38. The van der Waals surface area contributed by atoms with Crippen LogP contribution in [0.4, 0.5) is 0 Å². The lowest BCUT2D eigenvalue weighted by Gasteiger charge is -1.93. The van der Waals surface area contributed by atoms with Crippen molar-refractivity contribution in [1.82, 2.24) is 4.98 Å². The van der Waals surface area contributed by atoms with Crippen LogP contribution in [0.15, 0.2) is 36.4 Å². The number of benzene rings is 2. The normalized spacial score (nSPS) is 11.8. The summed E-state index contributed by atoms with van der Waals surface area (Å²) in [7, 11) is 0. The highest BCUT2D eigenvalue weighted by molar-refractivity contribution is 7.73. The van der Waals surface area contributed by atoms with Crippen LogP contribution in [-0.4, -0.2) is 4.98 Å². The molecule has 0 unspecified atom stereocenters. The van der Waals surface area contributed by atoms with Crippen LogP contribution in [0.2, 0.25) is 0 Å². The average Bonchev–Trinajstić information content (AvgIpc) is 2.87. The average molecular weight is 273 g/mol. The molecule has 2 heterocycles. The number of thiophene rings is 1. The Bertz CT molecular complexity index is 911. The van der Waals surface area contributed by atoms with Crippen LogP contribution in [0.1, 0.15) is 0 Å². The molecule has 0 saturated carbocycles. The van der Waals surface area contributed by atoms with Gasteiger partial charge in [-0.1, -0.05) is 18.2 Å². The largest absolute Gasteiger partial charge is 0.336 e. The van der Waals surface area contributed by atoms with Crippen molar-refractivity contribution < 1.29 is 0 Å². The number of aromatic amines is 1. The fourth-order valence-electron chi connectivity index (χ4n) is 2.23. The van der Waals surface area contributed by atoms with E-state index in [1.54, 1.807) is 11.3 Å². The Morgan fingerprint density at radius 2 is 1.71 bits per heavy atom. The third-order valence-corrected chi connectivity index (χ3v) is 5.27. The van der Waals surface area contributed by atoms with Crippen molar-refractivity contribution in [3.8, 4) is 0 Å². The molecule has 4 rings (SSSR count). The number of fused-ring (bicyclic) bond motifs is 5. The molecule has 1 N–H and O–H groups in total. The number of hydrogen-bond donors (Lipinski definition) is 1. The van der Waals surface area contributed by atoms with E-state index in [2.05, 4.69) is 41.4 Å². The Labute approximate surface area is 110 Å². The third kappa shape index (κ3) is 1.32. The van der Waals surface area contributed by atoms with Crippen LogP contribution in [-0.2, 0) is 0 Å². The number of rotatable bonds is 0. The highest BCUT2D eigenvalue weighted by atomic mass is 32.1. The molecule has 1 nitrogen and oxygen atoms in total. The summed E-state index contributed by atoms with van der Waals surface area (Å²) in [6, 6.07) is 12.9. The minimum Gasteiger partial charge on any atom is -0.336 e. The van der Waals surface area contributed by atoms with Gasteiger partial charge >= 0.3 is 0 Å². The van der Waals surface area contributed by atoms with Gasteiger partial charge in [-0.3, -0.25) is 0 Å². The molecule has 2 aromatic heterocycles. The molecule has 0 fully saturated rings. The summed E-state index contributed by atoms with van der Waals surface area (Å²) >= 11 is 8.72. The molecule has 0 saturated heterocycles. The summed E-state index contributed by atoms with van der Waals surface area (Å²) in [5.74, 6) is 0. The summed E-state index contributed by atoms with van der Waals surface area (Å²) in [6.45, 7) is 0. The van der Waals surface area contributed by atoms with Gasteiger partial charge < -0.3 is 4.98 Å². The molecule has 0 radical (unpaired) electrons. The van der Waals surface area contributed by atoms with Gasteiger partial charge in [0.15, 0.2) is 3.95 Å². The minimum absolute atomic E-state index is 0.850. The molecule has 4 heteroatoms. The van der Waals surface area contributed by atoms with E-state index >= 15 is 0 Å². The van der Waals surface area contributed by atoms with Crippen LogP contribution in [0.25, 0.3) is 30.4 Å². The van der Waals surface area contributed by atoms with Gasteiger partial charge in [-0.05, 0) is 30.4 Å². The monoisotopic (exact) mass is 273 g/mol. The molecule has 0 amide bonds. The second-order valence-corrected chi connectivity index (χ2v) is 6.73. The zero-order chi connectivity index (χ0) is 11.4. The summed E-state index contributed by atoms with van der Waals surface area (Å²) in [5, 5.41) is 2.64. The fraction of sp³-hybridized carbons (Fsp3) is 0. The van der Waals surface area contributed by atoms with E-state index < -0.39 is 0 Å². The lowest BCUT2D eigenvalue weighted by atomic mass is 10.1. The first-order valence-corrected chi connectivity index (χ1v) is 7.30. The lowest BCUT2D eigenvalue weighted by molar-refractivity contribution is 1.49. The van der Waals surface area contributed by atoms with Crippen LogP contribution < -0.4 is 0 Å². The molecule has 0 spiro atoms. The zero-order valence-electron chi connectivity index (χ0n) is 8.69. The first kappa shape index (κ1) is 9.76. The number of thiazole rings is 1. The van der Waals surface area contributed by atoms with Crippen molar-refractivity contribution in [2.45, 2.75) is 0 Å². The number of aromatic nitrogens is 1. The van der Waals surface area contributed by atoms with E-state index in [4.69, 9.17) is 12.2 Å². The first-order chi connectivity index (χ1) is 8.33. The first-order valence-electron chi connectivity index (χ1n) is 5.26. The summed E-state index contributed by atoms with van der Waals surface area (Å²) in [4.78, 5) is 3.32. The van der Waals surface area contributed by atoms with Gasteiger partial charge in [0.05, 0.1) is 10.2 Å². The SMILES string of the molecule is S=c1[nH]c2c(ccc3sc4ccccc4c32)s1. The molecule has 0 aliphatic carbocycles. The van der Waals surface area contributed by atoms with E-state index in [0.29, 0.717) is 0 Å². The molecule has 0 aliphatic heterocycles. The fourth-order valence-corrected chi connectivity index (χ4v) is 4.46. The van der Waals surface area contributed by atoms with E-state index in [-0.39, 0.29) is 0 Å². The molecule has 0 bridgehead atoms. The highest BCUT2D eigenvalue weighted by Gasteiger charge is 2.09. The van der Waals surface area contributed by atoms with Crippen LogP contribution in [0.5, 0.6) is 0 Å². The van der Waals surface area contributed by atoms with E-state index in [9.17, 15) is 0 Å². The zero-order valence-corrected chi connectivity index (χ0v) is 11.1. The maximum Gasteiger partial charge on any atom is 0.159 e. The topological polar surface area (TPSA) is 15.8 Å². The standard InChI is InChI=1S/C13H7NS3/c15-13-14-12-10(17-13)6-5-9-11(12)7-3-1-2-4-8(7)16-9/h1-6H,(H,14,15). The van der Waals surface area contributed by atoms with E-state index in [1.807, 2.05) is 11.3 Å². The number of hydrogen-bond acceptors (Lipinski definition) is 3. The molecular weight excluding hydrogens is 266 g/mol. The van der Waals surface area contributed by atoms with Crippen LogP contribution >= 0.6 is 34.9 Å². The minimum atomic E-state index is 0.850. The molecule has 4 aromatic rings. The van der Waals surface area contributed by atoms with Crippen molar-refractivity contribution >= 4 is 65.3 Å². The molecule has 82 valence electrons. The number of nitrogens with one attached hydrogen (secondary N) is 1. The van der Waals surface area contributed by atoms with Gasteiger partial charge in [0, 0.05) is 20.2 Å². The maximum absolute atomic E-state index is 5.24. The Kier molecular flexibility index (Phi) is 1.94. The lowest BCUT2D eigenvalue weighted by Crippen LogP contribution is -1.70. The third-order valence-electron chi connectivity index (χ3n) is 2.93. The molecule has 2 aromatic carbocycles. The summed E-state index contributed by atoms with van der Waals surface area (Å²) in [5.41, 5.74) is 1.19. The Morgan fingerprint density at radius 3 is 2.65 bits per heavy atom. The number of H-pyrrole nitrogens is 1. The van der Waals surface area contributed by atoms with Gasteiger partial charge in [0.2, 0.25) is 0 Å². The molecule has 0 atom stereocenters. The van der Waals surface area contributed by atoms with Gasteiger partial charge in [-0.15, -0.1) is 22.7 Å². The van der Waals surface area contributed by atoms with E-state index in [0.717, 1.165) is 3.95 Å². The van der Waals surface area contributed by atoms with Gasteiger partial charge in [-0.2, -0.15) is 0 Å². The molecular formula is C13H7NS3. The van der Waals surface area contributed by atoms with Gasteiger partial charge in [-0.25, -0.2) is 0 Å². The second-order valence-electron chi connectivity index (χ2n) is 3.92. The van der Waals surface area contributed by atoms with Crippen LogP contribution in [0.3, 0.4) is 0 Å². The molecule has 0 aliphatic rings. The van der Waals surface area contributed by atoms with Crippen molar-refractivity contribution in [2.75, 3.05) is 0 Å². The second kappa shape index (κ2) is 3.38. The van der Waals surface area contributed by atoms with Crippen molar-refractivity contribution in [1.29, 1.82) is 0 Å². The maximum atomic E-state index is 5.24. The summed E-state index contributed by atoms with van der Waals surface area (Å²) in [6.07, 6.45) is 0. The Morgan fingerprint density at radius 1 is 0.882 bits per heavy atom. The Hall–Kier alpha value is -1.23. The smallest absolute Gasteiger partial charge is 0.159 e. The van der Waals surface area contributed by atoms with Crippen molar-refractivity contribution in [3.05, 3.63) is 40.4 Å². The van der Waals surface area contributed by atoms with Gasteiger partial charge in [0.25, 0.3) is 0 Å². The van der Waals surface area contributed by atoms with Gasteiger partial charge in [0.1, 0.15) is 0 Å². The summed E-state index contributed by atoms with van der Waals surface area (Å²) < 4.78 is 4.75. The van der Waals surface area contributed by atoms with Crippen molar-refractivity contribution in [2.24, 2.45) is 0 Å². The van der Waals surface area contributed by atoms with Crippen LogP contribution in [0, 0.1) is 3.95 Å². The quantitative estimate of drug-likeness (QED) is 0.428.